The van der Waals surface area contributed by atoms with Crippen LogP contribution in [0, 0.1) is 0 Å². The Bertz CT molecular complexity index is 1370. The number of alkyl carbamates (subject to hydrolysis) is 1. The van der Waals surface area contributed by atoms with E-state index in [2.05, 4.69) is 35.8 Å². The first-order valence-electron chi connectivity index (χ1n) is 15.7. The lowest BCUT2D eigenvalue weighted by Crippen LogP contribution is -2.34. The molecule has 45 heavy (non-hydrogen) atoms. The monoisotopic (exact) mass is 625 g/mol. The maximum Gasteiger partial charge on any atom is 0.407 e. The SMILES string of the molecule is CC(C)(C)OC(=O)NCCOCCOCCNC(=O)c1ccc(CNc2nc(NCCN)nc3c2ncn3C2CCCC2)cc1. The van der Waals surface area contributed by atoms with Gasteiger partial charge >= 0.3 is 6.09 Å². The minimum absolute atomic E-state index is 0.173. The molecule has 1 aliphatic rings. The molecule has 0 saturated heterocycles. The van der Waals surface area contributed by atoms with Crippen LogP contribution in [0.25, 0.3) is 11.2 Å². The first kappa shape index (κ1) is 33.9. The summed E-state index contributed by atoms with van der Waals surface area (Å²) in [5.74, 6) is 1.00. The fourth-order valence-electron chi connectivity index (χ4n) is 4.91. The molecule has 0 spiro atoms. The number of rotatable bonds is 17. The molecule has 0 unspecified atom stereocenters. The summed E-state index contributed by atoms with van der Waals surface area (Å²) in [7, 11) is 0. The third-order valence-corrected chi connectivity index (χ3v) is 7.06. The van der Waals surface area contributed by atoms with E-state index >= 15 is 0 Å². The van der Waals surface area contributed by atoms with E-state index in [1.54, 1.807) is 12.1 Å². The molecule has 1 aliphatic carbocycles. The quantitative estimate of drug-likeness (QED) is 0.139. The van der Waals surface area contributed by atoms with Crippen molar-refractivity contribution in [2.24, 2.45) is 5.73 Å². The van der Waals surface area contributed by atoms with Crippen molar-refractivity contribution in [3.63, 3.8) is 0 Å². The van der Waals surface area contributed by atoms with Crippen molar-refractivity contribution in [2.45, 2.75) is 64.6 Å². The summed E-state index contributed by atoms with van der Waals surface area (Å²) in [6.07, 6.45) is 6.09. The Morgan fingerprint density at radius 2 is 1.62 bits per heavy atom. The molecule has 2 amide bonds. The van der Waals surface area contributed by atoms with Crippen molar-refractivity contribution >= 4 is 34.9 Å². The van der Waals surface area contributed by atoms with Gasteiger partial charge in [0.2, 0.25) is 5.95 Å². The lowest BCUT2D eigenvalue weighted by molar-refractivity contribution is 0.0400. The largest absolute Gasteiger partial charge is 0.444 e. The third-order valence-electron chi connectivity index (χ3n) is 7.06. The molecular weight excluding hydrogens is 578 g/mol. The van der Waals surface area contributed by atoms with E-state index in [-0.39, 0.29) is 5.91 Å². The van der Waals surface area contributed by atoms with Gasteiger partial charge in [0.05, 0.1) is 32.8 Å². The van der Waals surface area contributed by atoms with Crippen LogP contribution >= 0.6 is 0 Å². The highest BCUT2D eigenvalue weighted by molar-refractivity contribution is 5.94. The molecule has 14 nitrogen and oxygen atoms in total. The van der Waals surface area contributed by atoms with Gasteiger partial charge in [-0.25, -0.2) is 9.78 Å². The number of nitrogens with one attached hydrogen (secondary N) is 4. The van der Waals surface area contributed by atoms with Gasteiger partial charge in [-0.3, -0.25) is 4.79 Å². The maximum atomic E-state index is 12.6. The van der Waals surface area contributed by atoms with Crippen molar-refractivity contribution < 1.29 is 23.8 Å². The highest BCUT2D eigenvalue weighted by Crippen LogP contribution is 2.33. The van der Waals surface area contributed by atoms with Crippen molar-refractivity contribution in [1.29, 1.82) is 0 Å². The molecule has 2 heterocycles. The molecular formula is C31H47N9O5. The normalized spacial score (nSPS) is 13.6. The second-order valence-electron chi connectivity index (χ2n) is 11.8. The minimum Gasteiger partial charge on any atom is -0.444 e. The minimum atomic E-state index is -0.532. The Morgan fingerprint density at radius 3 is 2.29 bits per heavy atom. The summed E-state index contributed by atoms with van der Waals surface area (Å²) in [6, 6.07) is 7.83. The molecule has 0 bridgehead atoms. The predicted molar refractivity (Wildman–Crippen MR) is 172 cm³/mol. The van der Waals surface area contributed by atoms with Gasteiger partial charge in [-0.2, -0.15) is 9.97 Å². The van der Waals surface area contributed by atoms with E-state index in [0.29, 0.717) is 82.5 Å². The summed E-state index contributed by atoms with van der Waals surface area (Å²) >= 11 is 0. The number of fused-ring (bicyclic) bond motifs is 1. The highest BCUT2D eigenvalue weighted by atomic mass is 16.6. The number of benzene rings is 1. The van der Waals surface area contributed by atoms with Gasteiger partial charge in [0.15, 0.2) is 17.0 Å². The number of carbonyl (C=O) groups is 2. The number of ether oxygens (including phenoxy) is 3. The van der Waals surface area contributed by atoms with Gasteiger partial charge in [-0.1, -0.05) is 25.0 Å². The molecule has 14 heteroatoms. The number of carbonyl (C=O) groups excluding carboxylic acids is 2. The van der Waals surface area contributed by atoms with Gasteiger partial charge in [-0.15, -0.1) is 0 Å². The average Bonchev–Trinajstić information content (AvgIpc) is 3.69. The van der Waals surface area contributed by atoms with Crippen LogP contribution < -0.4 is 27.0 Å². The molecule has 6 N–H and O–H groups in total. The van der Waals surface area contributed by atoms with Crippen LogP contribution in [0.3, 0.4) is 0 Å². The van der Waals surface area contributed by atoms with Gasteiger partial charge in [0.25, 0.3) is 5.91 Å². The first-order chi connectivity index (χ1) is 21.7. The number of nitrogens with zero attached hydrogens (tertiary/aromatic N) is 4. The summed E-state index contributed by atoms with van der Waals surface area (Å²) < 4.78 is 18.3. The van der Waals surface area contributed by atoms with Crippen molar-refractivity contribution in [2.75, 3.05) is 63.2 Å². The summed E-state index contributed by atoms with van der Waals surface area (Å²) in [5.41, 5.74) is 8.26. The Morgan fingerprint density at radius 1 is 0.933 bits per heavy atom. The van der Waals surface area contributed by atoms with E-state index in [1.807, 2.05) is 39.2 Å². The molecule has 1 aromatic carbocycles. The Hall–Kier alpha value is -4.01. The average molecular weight is 626 g/mol. The molecule has 1 saturated carbocycles. The van der Waals surface area contributed by atoms with Gasteiger partial charge in [-0.05, 0) is 51.3 Å². The smallest absolute Gasteiger partial charge is 0.407 e. The van der Waals surface area contributed by atoms with E-state index in [1.165, 1.54) is 12.8 Å². The standard InChI is InChI=1S/C31H47N9O5/c1-31(2,3)45-30(42)35-15-17-44-19-18-43-16-14-33-28(41)23-10-8-22(9-11-23)20-36-26-25-27(39-29(38-26)34-13-12-32)40(21-37-25)24-6-4-5-7-24/h8-11,21,24H,4-7,12-20,32H2,1-3H3,(H,33,41)(H,35,42)(H2,34,36,38,39). The fourth-order valence-corrected chi connectivity index (χ4v) is 4.91. The van der Waals surface area contributed by atoms with Crippen LogP contribution in [0.15, 0.2) is 30.6 Å². The molecule has 4 rings (SSSR count). The molecule has 0 atom stereocenters. The molecule has 0 radical (unpaired) electrons. The second-order valence-corrected chi connectivity index (χ2v) is 11.8. The van der Waals surface area contributed by atoms with Crippen LogP contribution in [0.1, 0.15) is 68.4 Å². The van der Waals surface area contributed by atoms with E-state index in [9.17, 15) is 9.59 Å². The van der Waals surface area contributed by atoms with E-state index < -0.39 is 11.7 Å². The fraction of sp³-hybridized carbons (Fsp3) is 0.581. The molecule has 3 aromatic rings. The van der Waals surface area contributed by atoms with Gasteiger partial charge in [0.1, 0.15) is 5.60 Å². The number of hydrogen-bond donors (Lipinski definition) is 5. The zero-order valence-corrected chi connectivity index (χ0v) is 26.6. The number of anilines is 2. The molecule has 246 valence electrons. The van der Waals surface area contributed by atoms with Crippen LogP contribution in [0.5, 0.6) is 0 Å². The van der Waals surface area contributed by atoms with Gasteiger partial charge in [0, 0.05) is 44.3 Å². The zero-order chi connectivity index (χ0) is 32.1. The second kappa shape index (κ2) is 16.9. The molecule has 1 fully saturated rings. The van der Waals surface area contributed by atoms with Crippen LogP contribution in [0.4, 0.5) is 16.6 Å². The lowest BCUT2D eigenvalue weighted by Gasteiger charge is -2.19. The number of amides is 2. The number of imidazole rings is 1. The van der Waals surface area contributed by atoms with E-state index in [4.69, 9.17) is 24.9 Å². The maximum absolute atomic E-state index is 12.6. The molecule has 2 aromatic heterocycles. The van der Waals surface area contributed by atoms with Crippen molar-refractivity contribution in [3.8, 4) is 0 Å². The van der Waals surface area contributed by atoms with E-state index in [0.717, 1.165) is 29.6 Å². The van der Waals surface area contributed by atoms with Crippen molar-refractivity contribution in [3.05, 3.63) is 41.7 Å². The first-order valence-corrected chi connectivity index (χ1v) is 15.7. The molecule has 0 aliphatic heterocycles. The summed E-state index contributed by atoms with van der Waals surface area (Å²) in [6.45, 7) is 9.19. The third kappa shape index (κ3) is 10.8. The lowest BCUT2D eigenvalue weighted by atomic mass is 10.1. The number of nitrogens with two attached hydrogens (primary N) is 1. The number of aromatic nitrogens is 4. The van der Waals surface area contributed by atoms with Crippen LogP contribution in [-0.4, -0.2) is 89.7 Å². The number of hydrogen-bond acceptors (Lipinski definition) is 11. The topological polar surface area (TPSA) is 180 Å². The van der Waals surface area contributed by atoms with Crippen LogP contribution in [0.2, 0.25) is 0 Å². The Balaban J connectivity index is 1.17. The Kier molecular flexibility index (Phi) is 12.7. The Labute approximate surface area is 264 Å². The summed E-state index contributed by atoms with van der Waals surface area (Å²) in [4.78, 5) is 38.2. The highest BCUT2D eigenvalue weighted by Gasteiger charge is 2.22. The van der Waals surface area contributed by atoms with Crippen LogP contribution in [-0.2, 0) is 20.8 Å². The predicted octanol–water partition coefficient (Wildman–Crippen LogP) is 3.21. The summed E-state index contributed by atoms with van der Waals surface area (Å²) in [5, 5.41) is 12.1. The zero-order valence-electron chi connectivity index (χ0n) is 26.6. The van der Waals surface area contributed by atoms with Gasteiger partial charge < -0.3 is 45.8 Å². The van der Waals surface area contributed by atoms with Crippen molar-refractivity contribution in [1.82, 2.24) is 30.2 Å².